The normalized spacial score (nSPS) is 14.4. The van der Waals surface area contributed by atoms with Gasteiger partial charge in [-0.25, -0.2) is 9.97 Å². The molecule has 2 rings (SSSR count). The van der Waals surface area contributed by atoms with Gasteiger partial charge in [-0.3, -0.25) is 4.79 Å². The summed E-state index contributed by atoms with van der Waals surface area (Å²) in [6, 6.07) is 2.20. The number of nitrogens with zero attached hydrogens (tertiary/aromatic N) is 3. The molecule has 1 heterocycles. The summed E-state index contributed by atoms with van der Waals surface area (Å²) in [5, 5.41) is 6.12. The molecule has 6 nitrogen and oxygen atoms in total. The van der Waals surface area contributed by atoms with Crippen molar-refractivity contribution < 1.29 is 4.79 Å². The Morgan fingerprint density at radius 1 is 1.40 bits per heavy atom. The van der Waals surface area contributed by atoms with E-state index in [0.717, 1.165) is 31.5 Å². The van der Waals surface area contributed by atoms with E-state index in [9.17, 15) is 4.79 Å². The van der Waals surface area contributed by atoms with Gasteiger partial charge in [0.05, 0.1) is 0 Å². The average Bonchev–Trinajstić information content (AvgIpc) is 3.17. The zero-order chi connectivity index (χ0) is 14.5. The molecule has 0 unspecified atom stereocenters. The molecule has 1 aliphatic carbocycles. The Bertz CT molecular complexity index is 471. The lowest BCUT2D eigenvalue weighted by Crippen LogP contribution is -2.28. The van der Waals surface area contributed by atoms with E-state index >= 15 is 0 Å². The fourth-order valence-corrected chi connectivity index (χ4v) is 1.85. The van der Waals surface area contributed by atoms with Gasteiger partial charge in [-0.15, -0.1) is 0 Å². The van der Waals surface area contributed by atoms with Crippen LogP contribution in [0.5, 0.6) is 0 Å². The van der Waals surface area contributed by atoms with Gasteiger partial charge in [0.15, 0.2) is 0 Å². The van der Waals surface area contributed by atoms with Gasteiger partial charge in [0.2, 0.25) is 5.95 Å². The third kappa shape index (κ3) is 4.77. The lowest BCUT2D eigenvalue weighted by molar-refractivity contribution is 0.0947. The van der Waals surface area contributed by atoms with Crippen molar-refractivity contribution in [2.24, 2.45) is 0 Å². The van der Waals surface area contributed by atoms with Crippen LogP contribution in [0.15, 0.2) is 6.07 Å². The van der Waals surface area contributed by atoms with Gasteiger partial charge in [-0.05, 0) is 52.9 Å². The molecule has 0 aliphatic heterocycles. The van der Waals surface area contributed by atoms with Crippen molar-refractivity contribution in [3.8, 4) is 0 Å². The predicted molar refractivity (Wildman–Crippen MR) is 78.9 cm³/mol. The average molecular weight is 277 g/mol. The minimum atomic E-state index is -0.131. The van der Waals surface area contributed by atoms with E-state index in [1.165, 1.54) is 0 Å². The first kappa shape index (κ1) is 14.7. The molecule has 1 aliphatic rings. The molecule has 0 spiro atoms. The van der Waals surface area contributed by atoms with Crippen molar-refractivity contribution >= 4 is 11.9 Å². The molecule has 1 amide bonds. The second-order valence-corrected chi connectivity index (χ2v) is 5.55. The van der Waals surface area contributed by atoms with Crippen molar-refractivity contribution in [2.75, 3.05) is 32.5 Å². The van der Waals surface area contributed by atoms with Gasteiger partial charge in [-0.1, -0.05) is 0 Å². The summed E-state index contributed by atoms with van der Waals surface area (Å²) in [6.07, 6.45) is 3.24. The summed E-state index contributed by atoms with van der Waals surface area (Å²) < 4.78 is 0. The van der Waals surface area contributed by atoms with Crippen molar-refractivity contribution in [3.05, 3.63) is 17.5 Å². The molecule has 110 valence electrons. The van der Waals surface area contributed by atoms with E-state index in [1.54, 1.807) is 6.07 Å². The quantitative estimate of drug-likeness (QED) is 0.729. The van der Waals surface area contributed by atoms with E-state index in [4.69, 9.17) is 0 Å². The topological polar surface area (TPSA) is 70.2 Å². The van der Waals surface area contributed by atoms with Crippen LogP contribution in [0.4, 0.5) is 5.95 Å². The third-order valence-electron chi connectivity index (χ3n) is 3.07. The highest BCUT2D eigenvalue weighted by Gasteiger charge is 2.22. The zero-order valence-corrected chi connectivity index (χ0v) is 12.4. The number of nitrogens with one attached hydrogen (secondary N) is 2. The third-order valence-corrected chi connectivity index (χ3v) is 3.07. The summed E-state index contributed by atoms with van der Waals surface area (Å²) in [4.78, 5) is 22.7. The molecule has 1 aromatic rings. The number of carbonyl (C=O) groups is 1. The standard InChI is InChI=1S/C14H23N5O/c1-10-9-12(13(20)15-7-4-8-19(2)3)18-14(16-10)17-11-5-6-11/h9,11H,4-8H2,1-3H3,(H,15,20)(H,16,17,18). The number of carbonyl (C=O) groups excluding carboxylic acids is 1. The van der Waals surface area contributed by atoms with Gasteiger partial charge in [0.25, 0.3) is 5.91 Å². The van der Waals surface area contributed by atoms with Crippen LogP contribution in [-0.2, 0) is 0 Å². The van der Waals surface area contributed by atoms with Crippen molar-refractivity contribution in [1.29, 1.82) is 0 Å². The molecular formula is C14H23N5O. The van der Waals surface area contributed by atoms with E-state index in [2.05, 4.69) is 25.5 Å². The Kier molecular flexibility index (Phi) is 4.89. The minimum absolute atomic E-state index is 0.131. The first-order valence-electron chi connectivity index (χ1n) is 7.10. The summed E-state index contributed by atoms with van der Waals surface area (Å²) in [5.41, 5.74) is 1.24. The Labute approximate surface area is 120 Å². The van der Waals surface area contributed by atoms with Crippen LogP contribution < -0.4 is 10.6 Å². The van der Waals surface area contributed by atoms with E-state index in [0.29, 0.717) is 24.2 Å². The highest BCUT2D eigenvalue weighted by atomic mass is 16.1. The summed E-state index contributed by atoms with van der Waals surface area (Å²) in [5.74, 6) is 0.430. The Morgan fingerprint density at radius 3 is 2.80 bits per heavy atom. The second kappa shape index (κ2) is 6.65. The molecular weight excluding hydrogens is 254 g/mol. The number of aromatic nitrogens is 2. The number of rotatable bonds is 7. The largest absolute Gasteiger partial charge is 0.351 e. The first-order valence-corrected chi connectivity index (χ1v) is 7.10. The van der Waals surface area contributed by atoms with Gasteiger partial charge >= 0.3 is 0 Å². The van der Waals surface area contributed by atoms with Crippen LogP contribution >= 0.6 is 0 Å². The summed E-state index contributed by atoms with van der Waals surface area (Å²) in [6.45, 7) is 3.49. The lowest BCUT2D eigenvalue weighted by Gasteiger charge is -2.10. The van der Waals surface area contributed by atoms with Crippen LogP contribution in [0.1, 0.15) is 35.4 Å². The maximum absolute atomic E-state index is 12.1. The number of aryl methyl sites for hydroxylation is 1. The molecule has 0 bridgehead atoms. The van der Waals surface area contributed by atoms with Gasteiger partial charge in [0.1, 0.15) is 5.69 Å². The maximum atomic E-state index is 12.1. The number of hydrogen-bond donors (Lipinski definition) is 2. The smallest absolute Gasteiger partial charge is 0.270 e. The van der Waals surface area contributed by atoms with Crippen LogP contribution in [0.2, 0.25) is 0 Å². The fourth-order valence-electron chi connectivity index (χ4n) is 1.85. The molecule has 0 saturated heterocycles. The molecule has 1 fully saturated rings. The summed E-state index contributed by atoms with van der Waals surface area (Å²) >= 11 is 0. The number of hydrogen-bond acceptors (Lipinski definition) is 5. The number of anilines is 1. The molecule has 0 aromatic carbocycles. The van der Waals surface area contributed by atoms with Crippen molar-refractivity contribution in [1.82, 2.24) is 20.2 Å². The van der Waals surface area contributed by atoms with Gasteiger partial charge in [0, 0.05) is 18.3 Å². The Morgan fingerprint density at radius 2 is 2.15 bits per heavy atom. The molecule has 0 radical (unpaired) electrons. The van der Waals surface area contributed by atoms with E-state index < -0.39 is 0 Å². The van der Waals surface area contributed by atoms with Gasteiger partial charge < -0.3 is 15.5 Å². The molecule has 1 aromatic heterocycles. The van der Waals surface area contributed by atoms with E-state index in [1.807, 2.05) is 21.0 Å². The first-order chi connectivity index (χ1) is 9.54. The van der Waals surface area contributed by atoms with Crippen molar-refractivity contribution in [2.45, 2.75) is 32.2 Å². The van der Waals surface area contributed by atoms with Crippen LogP contribution in [0.25, 0.3) is 0 Å². The number of amides is 1. The zero-order valence-electron chi connectivity index (χ0n) is 12.4. The molecule has 6 heteroatoms. The Hall–Kier alpha value is -1.69. The molecule has 1 saturated carbocycles. The van der Waals surface area contributed by atoms with E-state index in [-0.39, 0.29) is 5.91 Å². The van der Waals surface area contributed by atoms with Crippen molar-refractivity contribution in [3.63, 3.8) is 0 Å². The minimum Gasteiger partial charge on any atom is -0.351 e. The molecule has 0 atom stereocenters. The fraction of sp³-hybridized carbons (Fsp3) is 0.643. The highest BCUT2D eigenvalue weighted by Crippen LogP contribution is 2.23. The highest BCUT2D eigenvalue weighted by molar-refractivity contribution is 5.92. The SMILES string of the molecule is Cc1cc(C(=O)NCCCN(C)C)nc(NC2CC2)n1. The summed E-state index contributed by atoms with van der Waals surface area (Å²) in [7, 11) is 4.04. The van der Waals surface area contributed by atoms with Gasteiger partial charge in [-0.2, -0.15) is 0 Å². The van der Waals surface area contributed by atoms with Crippen LogP contribution in [-0.4, -0.2) is 54.0 Å². The molecule has 20 heavy (non-hydrogen) atoms. The predicted octanol–water partition coefficient (Wildman–Crippen LogP) is 1.04. The van der Waals surface area contributed by atoms with Crippen LogP contribution in [0, 0.1) is 6.92 Å². The molecule has 2 N–H and O–H groups in total. The Balaban J connectivity index is 1.89. The monoisotopic (exact) mass is 277 g/mol. The van der Waals surface area contributed by atoms with Crippen LogP contribution in [0.3, 0.4) is 0 Å². The lowest BCUT2D eigenvalue weighted by atomic mass is 10.3. The maximum Gasteiger partial charge on any atom is 0.270 e. The second-order valence-electron chi connectivity index (χ2n) is 5.55.